The Balaban J connectivity index is 3.13. The van der Waals surface area contributed by atoms with Gasteiger partial charge in [-0.1, -0.05) is 11.6 Å². The molecule has 1 aromatic rings. The van der Waals surface area contributed by atoms with Crippen LogP contribution in [0.1, 0.15) is 18.7 Å². The molecule has 0 aromatic carbocycles. The minimum absolute atomic E-state index is 0.453. The van der Waals surface area contributed by atoms with Gasteiger partial charge in [-0.25, -0.2) is 0 Å². The Hall–Kier alpha value is -0.520. The number of hydrogen-bond donors (Lipinski definition) is 0. The molecule has 0 aliphatic heterocycles. The van der Waals surface area contributed by atoms with Crippen LogP contribution in [-0.2, 0) is 5.41 Å². The fourth-order valence-electron chi connectivity index (χ4n) is 0.790. The monoisotopic (exact) mass is 185 g/mol. The molecule has 0 aliphatic rings. The van der Waals surface area contributed by atoms with Crippen molar-refractivity contribution < 1.29 is 0 Å². The summed E-state index contributed by atoms with van der Waals surface area (Å²) in [6, 6.07) is 4.03. The molecule has 1 aromatic heterocycles. The fourth-order valence-corrected chi connectivity index (χ4v) is 2.16. The summed E-state index contributed by atoms with van der Waals surface area (Å²) in [6.45, 7) is 3.73. The van der Waals surface area contributed by atoms with Crippen molar-refractivity contribution in [2.24, 2.45) is 0 Å². The van der Waals surface area contributed by atoms with Crippen molar-refractivity contribution in [2.45, 2.75) is 19.3 Å². The highest BCUT2D eigenvalue weighted by molar-refractivity contribution is 7.10. The van der Waals surface area contributed by atoms with E-state index in [4.69, 9.17) is 16.9 Å². The van der Waals surface area contributed by atoms with E-state index in [0.717, 1.165) is 4.88 Å². The van der Waals surface area contributed by atoms with Crippen LogP contribution >= 0.6 is 22.9 Å². The zero-order valence-electron chi connectivity index (χ0n) is 6.39. The van der Waals surface area contributed by atoms with E-state index in [1.807, 2.05) is 25.3 Å². The van der Waals surface area contributed by atoms with E-state index in [9.17, 15) is 0 Å². The third-order valence-corrected chi connectivity index (χ3v) is 3.13. The van der Waals surface area contributed by atoms with Gasteiger partial charge in [0.25, 0.3) is 0 Å². The first-order chi connectivity index (χ1) is 5.08. The smallest absolute Gasteiger partial charge is 0.0873 e. The molecular formula is C8H8ClNS. The maximum atomic E-state index is 8.79. The van der Waals surface area contributed by atoms with Crippen molar-refractivity contribution in [3.05, 3.63) is 21.3 Å². The van der Waals surface area contributed by atoms with Gasteiger partial charge in [-0.2, -0.15) is 5.26 Å². The van der Waals surface area contributed by atoms with Gasteiger partial charge in [0.15, 0.2) is 0 Å². The van der Waals surface area contributed by atoms with E-state index in [-0.39, 0.29) is 0 Å². The van der Waals surface area contributed by atoms with Gasteiger partial charge in [0, 0.05) is 4.88 Å². The van der Waals surface area contributed by atoms with E-state index >= 15 is 0 Å². The van der Waals surface area contributed by atoms with Crippen LogP contribution in [0.5, 0.6) is 0 Å². The predicted octanol–water partition coefficient (Wildman–Crippen LogP) is 3.20. The first kappa shape index (κ1) is 8.58. The highest BCUT2D eigenvalue weighted by atomic mass is 35.5. The molecule has 0 fully saturated rings. The molecule has 0 aliphatic carbocycles. The second-order valence-electron chi connectivity index (χ2n) is 2.83. The Kier molecular flexibility index (Phi) is 2.22. The summed E-state index contributed by atoms with van der Waals surface area (Å²) in [6.07, 6.45) is 0. The molecule has 0 N–H and O–H groups in total. The topological polar surface area (TPSA) is 23.8 Å². The van der Waals surface area contributed by atoms with Crippen molar-refractivity contribution in [1.82, 2.24) is 0 Å². The van der Waals surface area contributed by atoms with Crippen LogP contribution in [0, 0.1) is 11.3 Å². The maximum Gasteiger partial charge on any atom is 0.0873 e. The minimum atomic E-state index is -0.453. The molecule has 0 spiro atoms. The molecule has 0 radical (unpaired) electrons. The van der Waals surface area contributed by atoms with E-state index in [0.29, 0.717) is 5.02 Å². The van der Waals surface area contributed by atoms with Crippen molar-refractivity contribution in [3.8, 4) is 6.07 Å². The Labute approximate surface area is 75.2 Å². The minimum Gasteiger partial charge on any atom is -0.197 e. The standard InChI is InChI=1S/C8H8ClNS/c1-8(2,5-10)7-6(9)3-4-11-7/h3-4H,1-2H3. The Morgan fingerprint density at radius 1 is 1.64 bits per heavy atom. The number of nitriles is 1. The SMILES string of the molecule is CC(C)(C#N)c1sccc1Cl. The summed E-state index contributed by atoms with van der Waals surface area (Å²) in [4.78, 5) is 0.946. The average Bonchev–Trinajstić information content (AvgIpc) is 2.36. The third kappa shape index (κ3) is 1.55. The fraction of sp³-hybridized carbons (Fsp3) is 0.375. The van der Waals surface area contributed by atoms with Gasteiger partial charge < -0.3 is 0 Å². The molecule has 58 valence electrons. The molecule has 0 saturated heterocycles. The van der Waals surface area contributed by atoms with Crippen LogP contribution < -0.4 is 0 Å². The number of halogens is 1. The van der Waals surface area contributed by atoms with Crippen LogP contribution in [-0.4, -0.2) is 0 Å². The summed E-state index contributed by atoms with van der Waals surface area (Å²) in [5, 5.41) is 11.4. The lowest BCUT2D eigenvalue weighted by atomic mass is 9.94. The Morgan fingerprint density at radius 3 is 2.64 bits per heavy atom. The number of nitrogens with zero attached hydrogens (tertiary/aromatic N) is 1. The lowest BCUT2D eigenvalue weighted by molar-refractivity contribution is 0.703. The summed E-state index contributed by atoms with van der Waals surface area (Å²) in [7, 11) is 0. The van der Waals surface area contributed by atoms with E-state index < -0.39 is 5.41 Å². The summed E-state index contributed by atoms with van der Waals surface area (Å²) in [5.74, 6) is 0. The summed E-state index contributed by atoms with van der Waals surface area (Å²) in [5.41, 5.74) is -0.453. The molecule has 3 heteroatoms. The lowest BCUT2D eigenvalue weighted by Crippen LogP contribution is -2.11. The molecule has 0 unspecified atom stereocenters. The van der Waals surface area contributed by atoms with Gasteiger partial charge in [0.2, 0.25) is 0 Å². The molecule has 1 heterocycles. The average molecular weight is 186 g/mol. The van der Waals surface area contributed by atoms with E-state index in [1.165, 1.54) is 11.3 Å². The Morgan fingerprint density at radius 2 is 2.27 bits per heavy atom. The van der Waals surface area contributed by atoms with Crippen molar-refractivity contribution in [3.63, 3.8) is 0 Å². The molecule has 0 saturated carbocycles. The van der Waals surface area contributed by atoms with Gasteiger partial charge in [0.1, 0.15) is 0 Å². The van der Waals surface area contributed by atoms with Crippen molar-refractivity contribution in [2.75, 3.05) is 0 Å². The van der Waals surface area contributed by atoms with Gasteiger partial charge >= 0.3 is 0 Å². The second-order valence-corrected chi connectivity index (χ2v) is 4.16. The predicted molar refractivity (Wildman–Crippen MR) is 48.0 cm³/mol. The highest BCUT2D eigenvalue weighted by Crippen LogP contribution is 2.33. The normalized spacial score (nSPS) is 11.1. The zero-order chi connectivity index (χ0) is 8.48. The first-order valence-corrected chi connectivity index (χ1v) is 4.48. The van der Waals surface area contributed by atoms with Crippen LogP contribution in [0.2, 0.25) is 5.02 Å². The second kappa shape index (κ2) is 2.84. The molecular weight excluding hydrogens is 178 g/mol. The number of thiophene rings is 1. The highest BCUT2D eigenvalue weighted by Gasteiger charge is 2.23. The van der Waals surface area contributed by atoms with Gasteiger partial charge in [-0.3, -0.25) is 0 Å². The zero-order valence-corrected chi connectivity index (χ0v) is 7.96. The maximum absolute atomic E-state index is 8.79. The van der Waals surface area contributed by atoms with Crippen LogP contribution in [0.4, 0.5) is 0 Å². The molecule has 1 rings (SSSR count). The van der Waals surface area contributed by atoms with Crippen LogP contribution in [0.25, 0.3) is 0 Å². The molecule has 0 atom stereocenters. The summed E-state index contributed by atoms with van der Waals surface area (Å²) < 4.78 is 0. The van der Waals surface area contributed by atoms with E-state index in [2.05, 4.69) is 6.07 Å². The van der Waals surface area contributed by atoms with Crippen molar-refractivity contribution in [1.29, 1.82) is 5.26 Å². The lowest BCUT2D eigenvalue weighted by Gasteiger charge is -2.12. The van der Waals surface area contributed by atoms with Crippen molar-refractivity contribution >= 4 is 22.9 Å². The quantitative estimate of drug-likeness (QED) is 0.659. The van der Waals surface area contributed by atoms with Gasteiger partial charge in [-0.05, 0) is 25.3 Å². The largest absolute Gasteiger partial charge is 0.197 e. The molecule has 1 nitrogen and oxygen atoms in total. The molecule has 11 heavy (non-hydrogen) atoms. The van der Waals surface area contributed by atoms with Gasteiger partial charge in [0.05, 0.1) is 16.5 Å². The third-order valence-electron chi connectivity index (χ3n) is 1.46. The number of rotatable bonds is 1. The molecule has 0 bridgehead atoms. The van der Waals surface area contributed by atoms with E-state index in [1.54, 1.807) is 0 Å². The van der Waals surface area contributed by atoms with Crippen LogP contribution in [0.3, 0.4) is 0 Å². The Bertz CT molecular complexity index is 295. The number of hydrogen-bond acceptors (Lipinski definition) is 2. The molecule has 0 amide bonds. The first-order valence-electron chi connectivity index (χ1n) is 3.22. The van der Waals surface area contributed by atoms with Crippen LogP contribution in [0.15, 0.2) is 11.4 Å². The van der Waals surface area contributed by atoms with Gasteiger partial charge in [-0.15, -0.1) is 11.3 Å². The summed E-state index contributed by atoms with van der Waals surface area (Å²) >= 11 is 7.39.